The topological polar surface area (TPSA) is 87.2 Å². The summed E-state index contributed by atoms with van der Waals surface area (Å²) in [6, 6.07) is 41.7. The van der Waals surface area contributed by atoms with Gasteiger partial charge in [0.15, 0.2) is 23.3 Å². The number of nitrogens with one attached hydrogen (secondary N) is 1. The highest BCUT2D eigenvalue weighted by Gasteiger charge is 2.18. The molecule has 6 heteroatoms. The van der Waals surface area contributed by atoms with Gasteiger partial charge in [-0.1, -0.05) is 146 Å². The molecule has 0 bridgehead atoms. The standard InChI is InChI=1S/C40H30N6/c41-36(29-16-7-2-8-17-29)43-37(42-27-28-14-5-1-6-15-28)33-24-25-34-32(26-33)22-13-23-35(34)40-45-38(30-18-9-3-10-19-30)44-39(46-40)31-20-11-4-12-21-31/h1-20,22-27,31,41H,21H2. The maximum absolute atomic E-state index is 8.70. The largest absolute Gasteiger partial charge is 0.282 e. The minimum absolute atomic E-state index is 0.0805. The molecule has 6 nitrogen and oxygen atoms in total. The molecule has 6 aromatic rings. The Hall–Kier alpha value is -6.14. The summed E-state index contributed by atoms with van der Waals surface area (Å²) in [5.41, 5.74) is 4.35. The van der Waals surface area contributed by atoms with Crippen molar-refractivity contribution in [2.75, 3.05) is 0 Å². The Bertz CT molecular complexity index is 2130. The molecule has 1 aliphatic rings. The fraction of sp³-hybridized carbons (Fsp3) is 0.0500. The van der Waals surface area contributed by atoms with Crippen LogP contribution >= 0.6 is 0 Å². The highest BCUT2D eigenvalue weighted by molar-refractivity contribution is 6.14. The minimum Gasteiger partial charge on any atom is -0.282 e. The third kappa shape index (κ3) is 6.37. The molecule has 7 rings (SSSR count). The van der Waals surface area contributed by atoms with E-state index in [1.54, 1.807) is 6.21 Å². The molecule has 1 unspecified atom stereocenters. The van der Waals surface area contributed by atoms with Gasteiger partial charge in [-0.2, -0.15) is 0 Å². The van der Waals surface area contributed by atoms with Crippen LogP contribution in [0, 0.1) is 5.41 Å². The van der Waals surface area contributed by atoms with Gasteiger partial charge in [0, 0.05) is 34.4 Å². The predicted molar refractivity (Wildman–Crippen MR) is 188 cm³/mol. The number of benzene rings is 5. The average molecular weight is 595 g/mol. The van der Waals surface area contributed by atoms with E-state index in [1.807, 2.05) is 103 Å². The first-order valence-corrected chi connectivity index (χ1v) is 15.2. The molecule has 1 N–H and O–H groups in total. The molecule has 1 aromatic heterocycles. The van der Waals surface area contributed by atoms with Crippen molar-refractivity contribution in [2.45, 2.75) is 12.3 Å². The fourth-order valence-corrected chi connectivity index (χ4v) is 5.39. The minimum atomic E-state index is 0.0805. The lowest BCUT2D eigenvalue weighted by molar-refractivity contribution is 0.764. The Balaban J connectivity index is 1.32. The number of aliphatic imine (C=N–C) groups is 2. The smallest absolute Gasteiger partial charge is 0.164 e. The fourth-order valence-electron chi connectivity index (χ4n) is 5.39. The number of amidine groups is 2. The van der Waals surface area contributed by atoms with Crippen molar-refractivity contribution in [3.63, 3.8) is 0 Å². The van der Waals surface area contributed by atoms with Crippen LogP contribution in [-0.2, 0) is 0 Å². The Morgan fingerprint density at radius 2 is 1.43 bits per heavy atom. The normalized spacial score (nSPS) is 14.6. The zero-order valence-electron chi connectivity index (χ0n) is 25.0. The summed E-state index contributed by atoms with van der Waals surface area (Å²) in [5, 5.41) is 10.7. The molecule has 0 radical (unpaired) electrons. The van der Waals surface area contributed by atoms with Crippen molar-refractivity contribution in [1.29, 1.82) is 5.41 Å². The molecule has 0 saturated carbocycles. The SMILES string of the molecule is N=C(N=C(N=Cc1ccccc1)c1ccc2c(-c3nc(-c4ccccc4)nc(C4C=CC=CC4)n3)cccc2c1)c1ccccc1. The van der Waals surface area contributed by atoms with Gasteiger partial charge in [-0.05, 0) is 28.8 Å². The molecule has 0 fully saturated rings. The number of hydrogen-bond acceptors (Lipinski definition) is 4. The highest BCUT2D eigenvalue weighted by atomic mass is 15.0. The first-order valence-electron chi connectivity index (χ1n) is 15.2. The van der Waals surface area contributed by atoms with Crippen LogP contribution in [0.15, 0.2) is 162 Å². The van der Waals surface area contributed by atoms with Crippen LogP contribution in [0.5, 0.6) is 0 Å². The summed E-state index contributed by atoms with van der Waals surface area (Å²) >= 11 is 0. The van der Waals surface area contributed by atoms with Crippen molar-refractivity contribution in [3.05, 3.63) is 174 Å². The summed E-state index contributed by atoms with van der Waals surface area (Å²) in [6.07, 6.45) is 11.0. The lowest BCUT2D eigenvalue weighted by Gasteiger charge is -2.15. The van der Waals surface area contributed by atoms with E-state index in [9.17, 15) is 0 Å². The zero-order chi connectivity index (χ0) is 31.1. The van der Waals surface area contributed by atoms with Crippen LogP contribution in [0.3, 0.4) is 0 Å². The summed E-state index contributed by atoms with van der Waals surface area (Å²) in [5.74, 6) is 2.72. The quantitative estimate of drug-likeness (QED) is 0.154. The van der Waals surface area contributed by atoms with E-state index in [0.29, 0.717) is 17.5 Å². The molecule has 0 spiro atoms. The van der Waals surface area contributed by atoms with Gasteiger partial charge in [-0.3, -0.25) is 5.41 Å². The maximum atomic E-state index is 8.70. The molecule has 5 aromatic carbocycles. The Morgan fingerprint density at radius 3 is 2.20 bits per heavy atom. The number of nitrogens with zero attached hydrogens (tertiary/aromatic N) is 5. The van der Waals surface area contributed by atoms with Crippen molar-refractivity contribution in [3.8, 4) is 22.8 Å². The second-order valence-corrected chi connectivity index (χ2v) is 10.9. The molecule has 0 saturated heterocycles. The van der Waals surface area contributed by atoms with E-state index >= 15 is 0 Å². The number of fused-ring (bicyclic) bond motifs is 1. The van der Waals surface area contributed by atoms with Gasteiger partial charge >= 0.3 is 0 Å². The van der Waals surface area contributed by atoms with Crippen LogP contribution in [0.4, 0.5) is 0 Å². The van der Waals surface area contributed by atoms with Crippen molar-refractivity contribution in [1.82, 2.24) is 15.0 Å². The lowest BCUT2D eigenvalue weighted by atomic mass is 9.99. The van der Waals surface area contributed by atoms with Gasteiger partial charge < -0.3 is 0 Å². The summed E-state index contributed by atoms with van der Waals surface area (Å²) in [4.78, 5) is 24.3. The van der Waals surface area contributed by atoms with E-state index in [4.69, 9.17) is 25.4 Å². The van der Waals surface area contributed by atoms with E-state index in [0.717, 1.165) is 50.8 Å². The highest BCUT2D eigenvalue weighted by Crippen LogP contribution is 2.31. The van der Waals surface area contributed by atoms with Gasteiger partial charge in [0.05, 0.1) is 0 Å². The number of rotatable bonds is 6. The number of hydrogen-bond donors (Lipinski definition) is 1. The molecule has 0 amide bonds. The Kier molecular flexibility index (Phi) is 8.24. The van der Waals surface area contributed by atoms with Gasteiger partial charge in [-0.25, -0.2) is 24.9 Å². The molecule has 1 aliphatic carbocycles. The molecule has 1 heterocycles. The monoisotopic (exact) mass is 594 g/mol. The van der Waals surface area contributed by atoms with Crippen LogP contribution < -0.4 is 0 Å². The predicted octanol–water partition coefficient (Wildman–Crippen LogP) is 8.85. The average Bonchev–Trinajstić information content (AvgIpc) is 3.14. The molecular formula is C40H30N6. The van der Waals surface area contributed by atoms with Gasteiger partial charge in [0.25, 0.3) is 0 Å². The Labute approximate surface area is 267 Å². The van der Waals surface area contributed by atoms with E-state index in [-0.39, 0.29) is 11.8 Å². The summed E-state index contributed by atoms with van der Waals surface area (Å²) in [7, 11) is 0. The van der Waals surface area contributed by atoms with Crippen LogP contribution in [0.1, 0.15) is 34.9 Å². The van der Waals surface area contributed by atoms with E-state index in [2.05, 4.69) is 53.6 Å². The Morgan fingerprint density at radius 1 is 0.696 bits per heavy atom. The van der Waals surface area contributed by atoms with E-state index in [1.165, 1.54) is 0 Å². The van der Waals surface area contributed by atoms with Crippen molar-refractivity contribution in [2.24, 2.45) is 9.98 Å². The van der Waals surface area contributed by atoms with Crippen LogP contribution in [0.2, 0.25) is 0 Å². The van der Waals surface area contributed by atoms with Gasteiger partial charge in [-0.15, -0.1) is 0 Å². The summed E-state index contributed by atoms with van der Waals surface area (Å²) < 4.78 is 0. The first kappa shape index (κ1) is 28.6. The molecule has 1 atom stereocenters. The number of aromatic nitrogens is 3. The molecule has 0 aliphatic heterocycles. The van der Waals surface area contributed by atoms with Gasteiger partial charge in [0.2, 0.25) is 0 Å². The summed E-state index contributed by atoms with van der Waals surface area (Å²) in [6.45, 7) is 0. The second-order valence-electron chi connectivity index (χ2n) is 10.9. The lowest BCUT2D eigenvalue weighted by Crippen LogP contribution is -2.08. The zero-order valence-corrected chi connectivity index (χ0v) is 25.0. The first-order chi connectivity index (χ1) is 22.7. The number of allylic oxidation sites excluding steroid dienone is 4. The van der Waals surface area contributed by atoms with Crippen LogP contribution in [-0.4, -0.2) is 32.8 Å². The third-order valence-corrected chi connectivity index (χ3v) is 7.78. The second kappa shape index (κ2) is 13.2. The van der Waals surface area contributed by atoms with Gasteiger partial charge in [0.1, 0.15) is 5.82 Å². The van der Waals surface area contributed by atoms with Crippen molar-refractivity contribution >= 4 is 28.7 Å². The van der Waals surface area contributed by atoms with Crippen LogP contribution in [0.25, 0.3) is 33.5 Å². The molecular weight excluding hydrogens is 564 g/mol. The third-order valence-electron chi connectivity index (χ3n) is 7.78. The molecule has 46 heavy (non-hydrogen) atoms. The molecule has 220 valence electrons. The van der Waals surface area contributed by atoms with E-state index < -0.39 is 0 Å². The maximum Gasteiger partial charge on any atom is 0.164 e. The van der Waals surface area contributed by atoms with Crippen molar-refractivity contribution < 1.29 is 0 Å².